The number of benzene rings is 1. The van der Waals surface area contributed by atoms with Crippen LogP contribution in [0.1, 0.15) is 23.7 Å². The van der Waals surface area contributed by atoms with Gasteiger partial charge in [0.15, 0.2) is 5.78 Å². The molecule has 13 heavy (non-hydrogen) atoms. The number of carbonyl (C=O) groups excluding carboxylic acids is 2. The highest BCUT2D eigenvalue weighted by Gasteiger charge is 2.09. The summed E-state index contributed by atoms with van der Waals surface area (Å²) in [5.74, 6) is -0.316. The van der Waals surface area contributed by atoms with E-state index in [4.69, 9.17) is 0 Å². The summed E-state index contributed by atoms with van der Waals surface area (Å²) in [5.41, 5.74) is 0.657. The summed E-state index contributed by atoms with van der Waals surface area (Å²) in [6.07, 6.45) is 2.04. The van der Waals surface area contributed by atoms with Crippen LogP contribution in [-0.4, -0.2) is 12.1 Å². The summed E-state index contributed by atoms with van der Waals surface area (Å²) in [6, 6.07) is 8.97. The molecule has 67 valence electrons. The quantitative estimate of drug-likeness (QED) is 0.656. The molecule has 1 rings (SSSR count). The largest absolute Gasteiger partial charge is 0.294 e. The molecule has 1 radical (unpaired) electrons. The van der Waals surface area contributed by atoms with Crippen molar-refractivity contribution < 1.29 is 9.59 Å². The predicted molar refractivity (Wildman–Crippen MR) is 50.2 cm³/mol. The Bertz CT molecular complexity index is 290. The maximum atomic E-state index is 11.4. The van der Waals surface area contributed by atoms with Gasteiger partial charge in [0.25, 0.3) is 0 Å². The van der Waals surface area contributed by atoms with Crippen LogP contribution in [0, 0.1) is 5.92 Å². The van der Waals surface area contributed by atoms with E-state index < -0.39 is 0 Å². The molecule has 0 spiro atoms. The molecule has 0 saturated heterocycles. The van der Waals surface area contributed by atoms with Crippen LogP contribution < -0.4 is 0 Å². The molecule has 1 aromatic carbocycles. The lowest BCUT2D eigenvalue weighted by atomic mass is 10.0. The van der Waals surface area contributed by atoms with Crippen LogP contribution in [0.3, 0.4) is 0 Å². The Hall–Kier alpha value is -1.44. The highest BCUT2D eigenvalue weighted by atomic mass is 16.1. The summed E-state index contributed by atoms with van der Waals surface area (Å²) in [6.45, 7) is 1.69. The molecule has 2 nitrogen and oxygen atoms in total. The van der Waals surface area contributed by atoms with E-state index in [2.05, 4.69) is 0 Å². The molecule has 0 aliphatic carbocycles. The molecule has 0 amide bonds. The summed E-state index contributed by atoms with van der Waals surface area (Å²) in [7, 11) is 0. The van der Waals surface area contributed by atoms with Gasteiger partial charge in [-0.1, -0.05) is 37.3 Å². The van der Waals surface area contributed by atoms with Gasteiger partial charge in [0, 0.05) is 17.9 Å². The maximum Gasteiger partial charge on any atom is 0.201 e. The first-order valence-corrected chi connectivity index (χ1v) is 4.20. The highest BCUT2D eigenvalue weighted by molar-refractivity contribution is 5.97. The lowest BCUT2D eigenvalue weighted by molar-refractivity contribution is 0.0973. The first-order chi connectivity index (χ1) is 6.24. The fraction of sp³-hybridized carbons (Fsp3) is 0.273. The molecular formula is C11H11O2. The van der Waals surface area contributed by atoms with E-state index in [0.29, 0.717) is 5.56 Å². The van der Waals surface area contributed by atoms with Gasteiger partial charge in [0.1, 0.15) is 0 Å². The van der Waals surface area contributed by atoms with E-state index in [1.807, 2.05) is 18.2 Å². The molecule has 0 aromatic heterocycles. The second-order valence-corrected chi connectivity index (χ2v) is 3.01. The number of rotatable bonds is 4. The number of hydrogen-bond donors (Lipinski definition) is 0. The number of carbonyl (C=O) groups is 1. The van der Waals surface area contributed by atoms with Crippen LogP contribution in [-0.2, 0) is 4.79 Å². The van der Waals surface area contributed by atoms with Crippen molar-refractivity contribution in [1.29, 1.82) is 0 Å². The van der Waals surface area contributed by atoms with Gasteiger partial charge in [-0.3, -0.25) is 9.59 Å². The van der Waals surface area contributed by atoms with Gasteiger partial charge < -0.3 is 0 Å². The molecule has 2 heteroatoms. The molecule has 0 aliphatic rings. The van der Waals surface area contributed by atoms with Crippen molar-refractivity contribution in [1.82, 2.24) is 0 Å². The standard InChI is InChI=1S/C11H11O2/c1-9(8-12)7-11(13)10-5-3-2-4-6-10/h2-6,9H,7H2,1H3. The first kappa shape index (κ1) is 9.65. The zero-order valence-corrected chi connectivity index (χ0v) is 7.49. The fourth-order valence-corrected chi connectivity index (χ4v) is 1.06. The Labute approximate surface area is 77.6 Å². The Morgan fingerprint density at radius 2 is 2.00 bits per heavy atom. The van der Waals surface area contributed by atoms with Crippen LogP contribution in [0.15, 0.2) is 30.3 Å². The average Bonchev–Trinajstić information content (AvgIpc) is 2.19. The Kier molecular flexibility index (Phi) is 3.38. The molecular weight excluding hydrogens is 164 g/mol. The molecule has 0 heterocycles. The first-order valence-electron chi connectivity index (χ1n) is 4.20. The third kappa shape index (κ3) is 2.82. The van der Waals surface area contributed by atoms with Crippen molar-refractivity contribution in [2.45, 2.75) is 13.3 Å². The second kappa shape index (κ2) is 4.55. The molecule has 1 aromatic rings. The zero-order chi connectivity index (χ0) is 9.68. The van der Waals surface area contributed by atoms with E-state index >= 15 is 0 Å². The lowest BCUT2D eigenvalue weighted by Gasteiger charge is -2.01. The van der Waals surface area contributed by atoms with Crippen LogP contribution in [0.2, 0.25) is 0 Å². The normalized spacial score (nSPS) is 12.1. The molecule has 0 fully saturated rings. The predicted octanol–water partition coefficient (Wildman–Crippen LogP) is 2.01. The summed E-state index contributed by atoms with van der Waals surface area (Å²) in [5, 5.41) is 0. The van der Waals surface area contributed by atoms with Gasteiger partial charge in [-0.15, -0.1) is 0 Å². The summed E-state index contributed by atoms with van der Waals surface area (Å²) in [4.78, 5) is 21.6. The Morgan fingerprint density at radius 1 is 1.38 bits per heavy atom. The molecule has 0 bridgehead atoms. The summed E-state index contributed by atoms with van der Waals surface area (Å²) < 4.78 is 0. The van der Waals surface area contributed by atoms with Crippen molar-refractivity contribution in [3.8, 4) is 0 Å². The van der Waals surface area contributed by atoms with Gasteiger partial charge in [-0.05, 0) is 0 Å². The topological polar surface area (TPSA) is 34.1 Å². The van der Waals surface area contributed by atoms with Crippen molar-refractivity contribution in [3.63, 3.8) is 0 Å². The van der Waals surface area contributed by atoms with E-state index in [9.17, 15) is 9.59 Å². The van der Waals surface area contributed by atoms with Crippen LogP contribution >= 0.6 is 0 Å². The van der Waals surface area contributed by atoms with Gasteiger partial charge in [0.2, 0.25) is 6.29 Å². The van der Waals surface area contributed by atoms with Crippen molar-refractivity contribution in [2.24, 2.45) is 5.92 Å². The Balaban J connectivity index is 2.64. The number of hydrogen-bond acceptors (Lipinski definition) is 2. The van der Waals surface area contributed by atoms with E-state index in [1.54, 1.807) is 25.3 Å². The average molecular weight is 175 g/mol. The molecule has 0 aliphatic heterocycles. The van der Waals surface area contributed by atoms with Crippen molar-refractivity contribution in [3.05, 3.63) is 35.9 Å². The zero-order valence-electron chi connectivity index (χ0n) is 7.49. The van der Waals surface area contributed by atoms with Crippen molar-refractivity contribution in [2.75, 3.05) is 0 Å². The fourth-order valence-electron chi connectivity index (χ4n) is 1.06. The minimum absolute atomic E-state index is 0.00329. The minimum atomic E-state index is -0.312. The Morgan fingerprint density at radius 3 is 2.54 bits per heavy atom. The van der Waals surface area contributed by atoms with Gasteiger partial charge in [-0.2, -0.15) is 0 Å². The molecule has 0 saturated carbocycles. The maximum absolute atomic E-state index is 11.4. The van der Waals surface area contributed by atoms with Crippen LogP contribution in [0.4, 0.5) is 0 Å². The SMILES string of the molecule is CC([C]=O)CC(=O)c1ccccc1. The smallest absolute Gasteiger partial charge is 0.201 e. The minimum Gasteiger partial charge on any atom is -0.294 e. The van der Waals surface area contributed by atoms with E-state index in [1.165, 1.54) is 0 Å². The lowest BCUT2D eigenvalue weighted by Crippen LogP contribution is -2.06. The van der Waals surface area contributed by atoms with Gasteiger partial charge >= 0.3 is 0 Å². The highest BCUT2D eigenvalue weighted by Crippen LogP contribution is 2.07. The molecule has 1 atom stereocenters. The third-order valence-corrected chi connectivity index (χ3v) is 1.79. The third-order valence-electron chi connectivity index (χ3n) is 1.79. The van der Waals surface area contributed by atoms with Gasteiger partial charge in [-0.25, -0.2) is 0 Å². The van der Waals surface area contributed by atoms with Crippen molar-refractivity contribution >= 4 is 12.1 Å². The molecule has 1 unspecified atom stereocenters. The molecule has 0 N–H and O–H groups in total. The van der Waals surface area contributed by atoms with Crippen LogP contribution in [0.5, 0.6) is 0 Å². The van der Waals surface area contributed by atoms with Gasteiger partial charge in [0.05, 0.1) is 0 Å². The summed E-state index contributed by atoms with van der Waals surface area (Å²) >= 11 is 0. The van der Waals surface area contributed by atoms with Crippen LogP contribution in [0.25, 0.3) is 0 Å². The number of Topliss-reactive ketones (excluding diaryl/α,β-unsaturated/α-hetero) is 1. The second-order valence-electron chi connectivity index (χ2n) is 3.01. The monoisotopic (exact) mass is 175 g/mol. The number of ketones is 1. The van der Waals surface area contributed by atoms with E-state index in [-0.39, 0.29) is 18.1 Å². The van der Waals surface area contributed by atoms with E-state index in [0.717, 1.165) is 0 Å².